The fraction of sp³-hybridized carbons (Fsp3) is 0.343. The number of carboxylic acid groups (broad SMARTS) is 1. The SMILES string of the molecule is CC(C)(C)c1ccc(-c2cnc(-c3ccc(CC(NC(=O)c4ccc(C(C)(C)C)s4)C(=O)N[C@H](CO)C(=O)O)cc3)nc2)cc1. The highest BCUT2D eigenvalue weighted by Gasteiger charge is 2.28. The Labute approximate surface area is 267 Å². The van der Waals surface area contributed by atoms with Gasteiger partial charge in [0.15, 0.2) is 5.82 Å². The van der Waals surface area contributed by atoms with Crippen LogP contribution in [0.3, 0.4) is 0 Å². The van der Waals surface area contributed by atoms with Crippen LogP contribution in [0, 0.1) is 0 Å². The average Bonchev–Trinajstić information content (AvgIpc) is 3.51. The van der Waals surface area contributed by atoms with Crippen molar-refractivity contribution in [3.05, 3.63) is 93.9 Å². The van der Waals surface area contributed by atoms with Gasteiger partial charge < -0.3 is 20.8 Å². The molecule has 0 radical (unpaired) electrons. The first-order chi connectivity index (χ1) is 21.2. The lowest BCUT2D eigenvalue weighted by Gasteiger charge is -2.21. The van der Waals surface area contributed by atoms with E-state index in [-0.39, 0.29) is 17.3 Å². The molecule has 0 saturated heterocycles. The van der Waals surface area contributed by atoms with E-state index >= 15 is 0 Å². The molecule has 2 amide bonds. The molecule has 2 aromatic heterocycles. The Morgan fingerprint density at radius 2 is 1.36 bits per heavy atom. The first kappa shape index (κ1) is 33.5. The van der Waals surface area contributed by atoms with Crippen LogP contribution in [0.15, 0.2) is 73.1 Å². The molecule has 0 spiro atoms. The zero-order valence-electron chi connectivity index (χ0n) is 26.4. The summed E-state index contributed by atoms with van der Waals surface area (Å²) in [4.78, 5) is 48.3. The Bertz CT molecular complexity index is 1630. The lowest BCUT2D eigenvalue weighted by Crippen LogP contribution is -2.53. The van der Waals surface area contributed by atoms with Crippen LogP contribution in [0.1, 0.15) is 67.2 Å². The normalized spacial score (nSPS) is 13.1. The Balaban J connectivity index is 1.50. The second-order valence-corrected chi connectivity index (χ2v) is 14.1. The highest BCUT2D eigenvalue weighted by Crippen LogP contribution is 2.30. The van der Waals surface area contributed by atoms with Crippen LogP contribution in [0.2, 0.25) is 0 Å². The molecule has 9 nitrogen and oxygen atoms in total. The van der Waals surface area contributed by atoms with Crippen LogP contribution >= 0.6 is 11.3 Å². The van der Waals surface area contributed by atoms with Crippen molar-refractivity contribution < 1.29 is 24.6 Å². The summed E-state index contributed by atoms with van der Waals surface area (Å²) in [6.07, 6.45) is 3.67. The van der Waals surface area contributed by atoms with E-state index in [2.05, 4.69) is 65.6 Å². The molecule has 10 heteroatoms. The van der Waals surface area contributed by atoms with Gasteiger partial charge in [-0.1, -0.05) is 90.1 Å². The summed E-state index contributed by atoms with van der Waals surface area (Å²) in [6, 6.07) is 16.7. The van der Waals surface area contributed by atoms with Crippen molar-refractivity contribution in [2.45, 2.75) is 70.9 Å². The molecule has 4 aromatic rings. The van der Waals surface area contributed by atoms with Gasteiger partial charge in [0.1, 0.15) is 12.1 Å². The number of carbonyl (C=O) groups excluding carboxylic acids is 2. The Morgan fingerprint density at radius 3 is 1.87 bits per heavy atom. The topological polar surface area (TPSA) is 142 Å². The summed E-state index contributed by atoms with van der Waals surface area (Å²) < 4.78 is 0. The average molecular weight is 629 g/mol. The molecule has 2 aromatic carbocycles. The Morgan fingerprint density at radius 1 is 0.756 bits per heavy atom. The van der Waals surface area contributed by atoms with Gasteiger partial charge in [-0.3, -0.25) is 9.59 Å². The minimum atomic E-state index is -1.50. The van der Waals surface area contributed by atoms with E-state index in [0.29, 0.717) is 10.7 Å². The van der Waals surface area contributed by atoms with E-state index in [0.717, 1.165) is 27.1 Å². The number of amides is 2. The maximum Gasteiger partial charge on any atom is 0.328 e. The number of benzene rings is 2. The summed E-state index contributed by atoms with van der Waals surface area (Å²) >= 11 is 1.34. The van der Waals surface area contributed by atoms with Crippen LogP contribution in [0.25, 0.3) is 22.5 Å². The van der Waals surface area contributed by atoms with E-state index in [1.165, 1.54) is 16.9 Å². The summed E-state index contributed by atoms with van der Waals surface area (Å²) in [5, 5.41) is 23.8. The van der Waals surface area contributed by atoms with Gasteiger partial charge in [0.05, 0.1) is 11.5 Å². The molecule has 45 heavy (non-hydrogen) atoms. The zero-order valence-corrected chi connectivity index (χ0v) is 27.2. The number of hydrogen-bond donors (Lipinski definition) is 4. The summed E-state index contributed by atoms with van der Waals surface area (Å²) in [5.74, 6) is -1.99. The number of carboxylic acids is 1. The molecular formula is C35H40N4O5S. The molecule has 0 fully saturated rings. The molecule has 1 unspecified atom stereocenters. The third-order valence-electron chi connectivity index (χ3n) is 7.38. The molecular weight excluding hydrogens is 588 g/mol. The van der Waals surface area contributed by atoms with Gasteiger partial charge in [-0.2, -0.15) is 0 Å². The van der Waals surface area contributed by atoms with Crippen LogP contribution in [-0.2, 0) is 26.8 Å². The van der Waals surface area contributed by atoms with E-state index in [9.17, 15) is 24.6 Å². The predicted octanol–water partition coefficient (Wildman–Crippen LogP) is 5.37. The molecule has 2 atom stereocenters. The van der Waals surface area contributed by atoms with Crippen molar-refractivity contribution in [2.75, 3.05) is 6.61 Å². The van der Waals surface area contributed by atoms with Crippen LogP contribution in [0.4, 0.5) is 0 Å². The summed E-state index contributed by atoms with van der Waals surface area (Å²) in [5.41, 5.74) is 4.62. The van der Waals surface area contributed by atoms with E-state index in [4.69, 9.17) is 0 Å². The monoisotopic (exact) mass is 628 g/mol. The second kappa shape index (κ2) is 13.7. The van der Waals surface area contributed by atoms with Crippen LogP contribution < -0.4 is 10.6 Å². The number of aliphatic hydroxyl groups excluding tert-OH is 1. The fourth-order valence-corrected chi connectivity index (χ4v) is 5.54. The fourth-order valence-electron chi connectivity index (χ4n) is 4.57. The van der Waals surface area contributed by atoms with Crippen molar-refractivity contribution in [2.24, 2.45) is 0 Å². The largest absolute Gasteiger partial charge is 0.480 e. The third kappa shape index (κ3) is 8.61. The van der Waals surface area contributed by atoms with Crippen molar-refractivity contribution >= 4 is 29.1 Å². The number of rotatable bonds is 10. The zero-order chi connectivity index (χ0) is 32.9. The molecule has 4 rings (SSSR count). The van der Waals surface area contributed by atoms with Gasteiger partial charge in [-0.25, -0.2) is 14.8 Å². The number of aliphatic hydroxyl groups is 1. The lowest BCUT2D eigenvalue weighted by atomic mass is 9.86. The van der Waals surface area contributed by atoms with Gasteiger partial charge >= 0.3 is 5.97 Å². The van der Waals surface area contributed by atoms with E-state index in [1.807, 2.05) is 51.1 Å². The third-order valence-corrected chi connectivity index (χ3v) is 8.89. The number of thiophene rings is 1. The molecule has 236 valence electrons. The molecule has 0 bridgehead atoms. The van der Waals surface area contributed by atoms with Crippen molar-refractivity contribution in [3.8, 4) is 22.5 Å². The van der Waals surface area contributed by atoms with Gasteiger partial charge in [-0.05, 0) is 39.7 Å². The van der Waals surface area contributed by atoms with Crippen LogP contribution in [0.5, 0.6) is 0 Å². The quantitative estimate of drug-likeness (QED) is 0.185. The molecule has 0 aliphatic carbocycles. The van der Waals surface area contributed by atoms with Crippen molar-refractivity contribution in [3.63, 3.8) is 0 Å². The van der Waals surface area contributed by atoms with Crippen molar-refractivity contribution in [1.29, 1.82) is 0 Å². The highest BCUT2D eigenvalue weighted by molar-refractivity contribution is 7.14. The predicted molar refractivity (Wildman–Crippen MR) is 176 cm³/mol. The smallest absolute Gasteiger partial charge is 0.328 e. The number of aliphatic carboxylic acids is 1. The van der Waals surface area contributed by atoms with Crippen LogP contribution in [-0.4, -0.2) is 56.7 Å². The minimum Gasteiger partial charge on any atom is -0.480 e. The minimum absolute atomic E-state index is 0.0704. The molecule has 0 saturated carbocycles. The summed E-state index contributed by atoms with van der Waals surface area (Å²) in [6.45, 7) is 11.9. The second-order valence-electron chi connectivity index (χ2n) is 13.0. The number of aromatic nitrogens is 2. The highest BCUT2D eigenvalue weighted by atomic mass is 32.1. The van der Waals surface area contributed by atoms with E-state index < -0.39 is 36.5 Å². The number of nitrogens with one attached hydrogen (secondary N) is 2. The standard InChI is InChI=1S/C35H40N4O5S/c1-34(2,3)25-13-11-22(12-14-25)24-18-36-30(37-19-24)23-9-7-21(8-10-23)17-26(31(41)39-27(20-40)33(43)44)38-32(42)28-15-16-29(45-28)35(4,5)6/h7-16,18-19,26-27,40H,17,20H2,1-6H3,(H,38,42)(H,39,41)(H,43,44)/t26?,27-/m1/s1. The molecule has 2 heterocycles. The first-order valence-corrected chi connectivity index (χ1v) is 15.5. The van der Waals surface area contributed by atoms with Gasteiger partial charge in [-0.15, -0.1) is 11.3 Å². The summed E-state index contributed by atoms with van der Waals surface area (Å²) in [7, 11) is 0. The number of carbonyl (C=O) groups is 3. The maximum atomic E-state index is 13.1. The maximum absolute atomic E-state index is 13.1. The first-order valence-electron chi connectivity index (χ1n) is 14.7. The Kier molecular flexibility index (Phi) is 10.2. The van der Waals surface area contributed by atoms with Gasteiger partial charge in [0.25, 0.3) is 5.91 Å². The van der Waals surface area contributed by atoms with Crippen molar-refractivity contribution in [1.82, 2.24) is 20.6 Å². The van der Waals surface area contributed by atoms with E-state index in [1.54, 1.807) is 18.5 Å². The molecule has 4 N–H and O–H groups in total. The lowest BCUT2D eigenvalue weighted by molar-refractivity contribution is -0.143. The molecule has 0 aliphatic rings. The molecule has 0 aliphatic heterocycles. The van der Waals surface area contributed by atoms with Gasteiger partial charge in [0.2, 0.25) is 5.91 Å². The Hall–Kier alpha value is -4.41. The van der Waals surface area contributed by atoms with Gasteiger partial charge in [0, 0.05) is 34.8 Å². The number of nitrogens with zero attached hydrogens (tertiary/aromatic N) is 2. The number of hydrogen-bond acceptors (Lipinski definition) is 7.